The molecule has 0 aliphatic heterocycles. The zero-order valence-electron chi connectivity index (χ0n) is 15.6. The van der Waals surface area contributed by atoms with Crippen LogP contribution < -0.4 is 16.1 Å². The van der Waals surface area contributed by atoms with E-state index >= 15 is 0 Å². The molecular formula is C19H21ClN6OS. The number of halogens is 1. The number of nitrogens with zero attached hydrogens (tertiary/aromatic N) is 4. The van der Waals surface area contributed by atoms with Gasteiger partial charge in [-0.15, -0.1) is 10.2 Å². The molecule has 3 N–H and O–H groups in total. The molecule has 0 fully saturated rings. The second kappa shape index (κ2) is 8.99. The maximum atomic E-state index is 12.1. The molecule has 0 radical (unpaired) electrons. The number of nitrogens with two attached hydrogens (primary N) is 1. The molecule has 0 saturated carbocycles. The van der Waals surface area contributed by atoms with Crippen LogP contribution in [0.25, 0.3) is 11.4 Å². The van der Waals surface area contributed by atoms with E-state index in [-0.39, 0.29) is 11.7 Å². The molecule has 9 heteroatoms. The number of amides is 1. The summed E-state index contributed by atoms with van der Waals surface area (Å²) in [4.78, 5) is 14.2. The van der Waals surface area contributed by atoms with Crippen LogP contribution in [0.1, 0.15) is 5.56 Å². The summed E-state index contributed by atoms with van der Waals surface area (Å²) in [7, 11) is 3.97. The van der Waals surface area contributed by atoms with E-state index in [2.05, 4.69) is 15.5 Å². The predicted octanol–water partition coefficient (Wildman–Crippen LogP) is 2.79. The van der Waals surface area contributed by atoms with Gasteiger partial charge in [0.15, 0.2) is 5.82 Å². The molecule has 0 spiro atoms. The van der Waals surface area contributed by atoms with Gasteiger partial charge in [-0.1, -0.05) is 47.6 Å². The van der Waals surface area contributed by atoms with Gasteiger partial charge in [-0.3, -0.25) is 4.79 Å². The molecule has 2 aromatic carbocycles. The first-order valence-electron chi connectivity index (χ1n) is 8.57. The molecule has 1 amide bonds. The fraction of sp³-hybridized carbons (Fsp3) is 0.211. The Morgan fingerprint density at radius 1 is 1.18 bits per heavy atom. The molecule has 1 aromatic heterocycles. The van der Waals surface area contributed by atoms with Crippen molar-refractivity contribution in [1.29, 1.82) is 0 Å². The number of rotatable bonds is 7. The third kappa shape index (κ3) is 4.76. The second-order valence-corrected chi connectivity index (χ2v) is 7.63. The summed E-state index contributed by atoms with van der Waals surface area (Å²) in [6, 6.07) is 15.3. The molecular weight excluding hydrogens is 396 g/mol. The smallest absolute Gasteiger partial charge is 0.230 e. The average molecular weight is 417 g/mol. The number of hydrogen-bond donors (Lipinski definition) is 2. The first kappa shape index (κ1) is 20.0. The molecule has 0 unspecified atom stereocenters. The molecule has 3 aromatic rings. The Kier molecular flexibility index (Phi) is 6.43. The second-order valence-electron chi connectivity index (χ2n) is 6.28. The topological polar surface area (TPSA) is 89.1 Å². The Hall–Kier alpha value is -2.71. The van der Waals surface area contributed by atoms with Crippen LogP contribution in [0, 0.1) is 0 Å². The van der Waals surface area contributed by atoms with Gasteiger partial charge >= 0.3 is 0 Å². The highest BCUT2D eigenvalue weighted by Gasteiger charge is 2.15. The van der Waals surface area contributed by atoms with E-state index in [1.54, 1.807) is 6.07 Å². The Morgan fingerprint density at radius 3 is 2.57 bits per heavy atom. The Labute approximate surface area is 172 Å². The van der Waals surface area contributed by atoms with E-state index < -0.39 is 0 Å². The largest absolute Gasteiger partial charge is 0.378 e. The van der Waals surface area contributed by atoms with Crippen molar-refractivity contribution in [3.63, 3.8) is 0 Å². The van der Waals surface area contributed by atoms with Crippen LogP contribution in [-0.4, -0.2) is 40.6 Å². The minimum absolute atomic E-state index is 0.107. The van der Waals surface area contributed by atoms with E-state index in [4.69, 9.17) is 17.4 Å². The molecule has 3 rings (SSSR count). The summed E-state index contributed by atoms with van der Waals surface area (Å²) in [6.07, 6.45) is 0. The average Bonchev–Trinajstić information content (AvgIpc) is 3.05. The molecule has 0 aliphatic carbocycles. The Balaban J connectivity index is 1.54. The lowest BCUT2D eigenvalue weighted by molar-refractivity contribution is -0.118. The van der Waals surface area contributed by atoms with Crippen LogP contribution in [0.15, 0.2) is 53.7 Å². The minimum Gasteiger partial charge on any atom is -0.378 e. The molecule has 0 saturated heterocycles. The number of benzene rings is 2. The van der Waals surface area contributed by atoms with Crippen molar-refractivity contribution in [2.75, 3.05) is 30.6 Å². The molecule has 7 nitrogen and oxygen atoms in total. The highest BCUT2D eigenvalue weighted by atomic mass is 35.5. The van der Waals surface area contributed by atoms with Crippen LogP contribution in [0.3, 0.4) is 0 Å². The number of anilines is 1. The van der Waals surface area contributed by atoms with E-state index in [9.17, 15) is 4.79 Å². The first-order chi connectivity index (χ1) is 13.5. The van der Waals surface area contributed by atoms with Gasteiger partial charge in [0, 0.05) is 31.9 Å². The molecule has 1 heterocycles. The van der Waals surface area contributed by atoms with E-state index in [0.29, 0.717) is 28.1 Å². The normalized spacial score (nSPS) is 10.7. The van der Waals surface area contributed by atoms with Gasteiger partial charge in [0.2, 0.25) is 11.1 Å². The van der Waals surface area contributed by atoms with Crippen molar-refractivity contribution in [2.24, 2.45) is 0 Å². The van der Waals surface area contributed by atoms with Crippen LogP contribution in [0.2, 0.25) is 5.02 Å². The third-order valence-electron chi connectivity index (χ3n) is 4.05. The number of carbonyl (C=O) groups is 1. The highest BCUT2D eigenvalue weighted by Crippen LogP contribution is 2.27. The quantitative estimate of drug-likeness (QED) is 0.454. The summed E-state index contributed by atoms with van der Waals surface area (Å²) < 4.78 is 1.35. The summed E-state index contributed by atoms with van der Waals surface area (Å²) >= 11 is 7.40. The lowest BCUT2D eigenvalue weighted by Gasteiger charge is -2.12. The fourth-order valence-electron chi connectivity index (χ4n) is 2.50. The molecule has 0 atom stereocenters. The van der Waals surface area contributed by atoms with E-state index in [1.807, 2.05) is 61.5 Å². The van der Waals surface area contributed by atoms with Crippen LogP contribution in [0.5, 0.6) is 0 Å². The molecule has 0 bridgehead atoms. The number of carbonyl (C=O) groups excluding carboxylic acids is 1. The SMILES string of the molecule is CN(C)c1ccc(CNC(=O)CSc2nnc(-c3ccccc3Cl)n2N)cc1. The first-order valence-corrected chi connectivity index (χ1v) is 9.93. The maximum Gasteiger partial charge on any atom is 0.230 e. The zero-order chi connectivity index (χ0) is 20.1. The van der Waals surface area contributed by atoms with Crippen molar-refractivity contribution < 1.29 is 4.79 Å². The Bertz CT molecular complexity index is 957. The van der Waals surface area contributed by atoms with Gasteiger partial charge in [0.1, 0.15) is 0 Å². The van der Waals surface area contributed by atoms with Gasteiger partial charge < -0.3 is 16.1 Å². The summed E-state index contributed by atoms with van der Waals surface area (Å²) in [5, 5.41) is 12.0. The zero-order valence-corrected chi connectivity index (χ0v) is 17.2. The maximum absolute atomic E-state index is 12.1. The van der Waals surface area contributed by atoms with Gasteiger partial charge in [0.05, 0.1) is 10.8 Å². The molecule has 146 valence electrons. The number of aromatic nitrogens is 3. The van der Waals surface area contributed by atoms with Crippen LogP contribution in [0.4, 0.5) is 5.69 Å². The van der Waals surface area contributed by atoms with E-state index in [1.165, 1.54) is 16.4 Å². The van der Waals surface area contributed by atoms with Crippen molar-refractivity contribution in [1.82, 2.24) is 20.2 Å². The third-order valence-corrected chi connectivity index (χ3v) is 5.33. The van der Waals surface area contributed by atoms with Crippen molar-refractivity contribution in [2.45, 2.75) is 11.7 Å². The van der Waals surface area contributed by atoms with Crippen LogP contribution >= 0.6 is 23.4 Å². The standard InChI is InChI=1S/C19H21ClN6OS/c1-25(2)14-9-7-13(8-10-14)11-22-17(27)12-28-19-24-23-18(26(19)21)15-5-3-4-6-16(15)20/h3-10H,11-12,21H2,1-2H3,(H,22,27). The van der Waals surface area contributed by atoms with Crippen molar-refractivity contribution >= 4 is 35.0 Å². The van der Waals surface area contributed by atoms with E-state index in [0.717, 1.165) is 11.3 Å². The summed E-state index contributed by atoms with van der Waals surface area (Å²) in [5.74, 6) is 6.60. The van der Waals surface area contributed by atoms with Gasteiger partial charge in [-0.25, -0.2) is 4.68 Å². The number of hydrogen-bond acceptors (Lipinski definition) is 6. The van der Waals surface area contributed by atoms with Crippen molar-refractivity contribution in [3.05, 3.63) is 59.1 Å². The lowest BCUT2D eigenvalue weighted by Crippen LogP contribution is -2.25. The Morgan fingerprint density at radius 2 is 1.89 bits per heavy atom. The van der Waals surface area contributed by atoms with Gasteiger partial charge in [-0.2, -0.15) is 0 Å². The number of nitrogen functional groups attached to an aromatic ring is 1. The fourth-order valence-corrected chi connectivity index (χ4v) is 3.40. The minimum atomic E-state index is -0.107. The molecule has 28 heavy (non-hydrogen) atoms. The van der Waals surface area contributed by atoms with Crippen LogP contribution in [-0.2, 0) is 11.3 Å². The highest BCUT2D eigenvalue weighted by molar-refractivity contribution is 7.99. The molecule has 0 aliphatic rings. The number of thioether (sulfide) groups is 1. The lowest BCUT2D eigenvalue weighted by atomic mass is 10.2. The summed E-state index contributed by atoms with van der Waals surface area (Å²) in [6.45, 7) is 0.466. The van der Waals surface area contributed by atoms with Crippen molar-refractivity contribution in [3.8, 4) is 11.4 Å². The number of nitrogens with one attached hydrogen (secondary N) is 1. The summed E-state index contributed by atoms with van der Waals surface area (Å²) in [5.41, 5.74) is 2.84. The monoisotopic (exact) mass is 416 g/mol. The van der Waals surface area contributed by atoms with Gasteiger partial charge in [0.25, 0.3) is 0 Å². The van der Waals surface area contributed by atoms with Gasteiger partial charge in [-0.05, 0) is 29.8 Å². The predicted molar refractivity (Wildman–Crippen MR) is 114 cm³/mol.